The number of aryl methyl sites for hydroxylation is 3. The van der Waals surface area contributed by atoms with Crippen LogP contribution in [0.1, 0.15) is 53.8 Å². The Morgan fingerprint density at radius 2 is 1.69 bits per heavy atom. The Labute approximate surface area is 177 Å². The van der Waals surface area contributed by atoms with E-state index in [2.05, 4.69) is 5.32 Å². The molecule has 2 heterocycles. The topological polar surface area (TPSA) is 98.8 Å². The first-order valence-electron chi connectivity index (χ1n) is 8.88. The number of Topliss-reactive ketones (excluding diaryl/α,β-unsaturated/α-hetero) is 1. The lowest BCUT2D eigenvalue weighted by Crippen LogP contribution is -2.22. The fourth-order valence-corrected chi connectivity index (χ4v) is 4.71. The van der Waals surface area contributed by atoms with Crippen molar-refractivity contribution >= 4 is 51.3 Å². The largest absolute Gasteiger partial charge is 0.465 e. The Balaban J connectivity index is 1.86. The number of hydrogen-bond acceptors (Lipinski definition) is 8. The van der Waals surface area contributed by atoms with Crippen molar-refractivity contribution in [2.75, 3.05) is 19.0 Å². The van der Waals surface area contributed by atoms with Gasteiger partial charge in [0.2, 0.25) is 0 Å². The van der Waals surface area contributed by atoms with Crippen LogP contribution in [0.4, 0.5) is 5.00 Å². The summed E-state index contributed by atoms with van der Waals surface area (Å²) < 4.78 is 9.70. The third kappa shape index (κ3) is 5.74. The molecule has 7 nitrogen and oxygen atoms in total. The number of anilines is 1. The summed E-state index contributed by atoms with van der Waals surface area (Å²) in [5, 5.41) is 2.93. The highest BCUT2D eigenvalue weighted by Gasteiger charge is 2.22. The quantitative estimate of drug-likeness (QED) is 0.495. The molecule has 0 unspecified atom stereocenters. The molecule has 0 saturated carbocycles. The third-order valence-electron chi connectivity index (χ3n) is 4.29. The van der Waals surface area contributed by atoms with Gasteiger partial charge in [-0.2, -0.15) is 0 Å². The van der Waals surface area contributed by atoms with Crippen LogP contribution in [0.2, 0.25) is 0 Å². The SMILES string of the molecule is COC(=O)c1c(NC(=O)COC(=O)CCC(=O)c2cc(C)sc2C)sc(C)c1C. The van der Waals surface area contributed by atoms with Crippen LogP contribution in [-0.2, 0) is 19.1 Å². The first kappa shape index (κ1) is 22.8. The molecular formula is C20H23NO6S2. The fourth-order valence-electron chi connectivity index (χ4n) is 2.70. The maximum atomic E-state index is 12.2. The fraction of sp³-hybridized carbons (Fsp3) is 0.400. The molecule has 0 saturated heterocycles. The molecule has 1 amide bonds. The summed E-state index contributed by atoms with van der Waals surface area (Å²) in [5.41, 5.74) is 1.64. The summed E-state index contributed by atoms with van der Waals surface area (Å²) in [6.45, 7) is 6.88. The van der Waals surface area contributed by atoms with Crippen molar-refractivity contribution in [2.45, 2.75) is 40.5 Å². The van der Waals surface area contributed by atoms with Crippen LogP contribution in [0.15, 0.2) is 6.07 Å². The molecule has 0 aromatic carbocycles. The number of hydrogen-bond donors (Lipinski definition) is 1. The van der Waals surface area contributed by atoms with E-state index in [0.717, 1.165) is 20.2 Å². The number of carbonyl (C=O) groups excluding carboxylic acids is 4. The van der Waals surface area contributed by atoms with Crippen molar-refractivity contribution in [1.82, 2.24) is 0 Å². The number of ether oxygens (including phenoxy) is 2. The molecule has 0 aliphatic heterocycles. The Kier molecular flexibility index (Phi) is 7.69. The van der Waals surface area contributed by atoms with Crippen molar-refractivity contribution in [3.63, 3.8) is 0 Å². The van der Waals surface area contributed by atoms with Crippen LogP contribution in [0.25, 0.3) is 0 Å². The van der Waals surface area contributed by atoms with Crippen LogP contribution >= 0.6 is 22.7 Å². The third-order valence-corrected chi connectivity index (χ3v) is 6.38. The normalized spacial score (nSPS) is 10.5. The van der Waals surface area contributed by atoms with Crippen molar-refractivity contribution in [2.24, 2.45) is 0 Å². The Bertz CT molecular complexity index is 957. The van der Waals surface area contributed by atoms with Gasteiger partial charge in [-0.3, -0.25) is 14.4 Å². The summed E-state index contributed by atoms with van der Waals surface area (Å²) >= 11 is 2.78. The van der Waals surface area contributed by atoms with Crippen molar-refractivity contribution in [3.05, 3.63) is 37.4 Å². The minimum absolute atomic E-state index is 0.0211. The number of amides is 1. The number of esters is 2. The van der Waals surface area contributed by atoms with E-state index in [1.807, 2.05) is 26.8 Å². The van der Waals surface area contributed by atoms with Gasteiger partial charge < -0.3 is 14.8 Å². The van der Waals surface area contributed by atoms with E-state index < -0.39 is 24.5 Å². The minimum Gasteiger partial charge on any atom is -0.465 e. The Morgan fingerprint density at radius 1 is 1.00 bits per heavy atom. The zero-order chi connectivity index (χ0) is 21.7. The van der Waals surface area contributed by atoms with E-state index in [0.29, 0.717) is 16.1 Å². The van der Waals surface area contributed by atoms with Gasteiger partial charge in [-0.05, 0) is 39.3 Å². The maximum Gasteiger partial charge on any atom is 0.341 e. The lowest BCUT2D eigenvalue weighted by molar-refractivity contribution is -0.147. The van der Waals surface area contributed by atoms with Crippen LogP contribution in [0.3, 0.4) is 0 Å². The van der Waals surface area contributed by atoms with Crippen LogP contribution in [-0.4, -0.2) is 37.3 Å². The zero-order valence-corrected chi connectivity index (χ0v) is 18.6. The van der Waals surface area contributed by atoms with E-state index in [1.54, 1.807) is 6.92 Å². The molecule has 1 N–H and O–H groups in total. The van der Waals surface area contributed by atoms with Crippen LogP contribution in [0, 0.1) is 27.7 Å². The molecule has 0 atom stereocenters. The molecule has 2 rings (SSSR count). The predicted octanol–water partition coefficient (Wildman–Crippen LogP) is 3.97. The van der Waals surface area contributed by atoms with Crippen LogP contribution < -0.4 is 5.32 Å². The molecule has 0 spiro atoms. The van der Waals surface area contributed by atoms with E-state index in [9.17, 15) is 19.2 Å². The Hall–Kier alpha value is -2.52. The summed E-state index contributed by atoms with van der Waals surface area (Å²) in [7, 11) is 1.27. The number of methoxy groups -OCH3 is 1. The predicted molar refractivity (Wildman–Crippen MR) is 112 cm³/mol. The average Bonchev–Trinajstić information content (AvgIpc) is 3.15. The van der Waals surface area contributed by atoms with Gasteiger partial charge in [-0.25, -0.2) is 4.79 Å². The maximum absolute atomic E-state index is 12.2. The van der Waals surface area contributed by atoms with Gasteiger partial charge in [0.15, 0.2) is 12.4 Å². The van der Waals surface area contributed by atoms with Gasteiger partial charge in [0, 0.05) is 26.6 Å². The van der Waals surface area contributed by atoms with E-state index in [-0.39, 0.29) is 18.6 Å². The number of carbonyl (C=O) groups is 4. The van der Waals surface area contributed by atoms with E-state index >= 15 is 0 Å². The molecule has 156 valence electrons. The second kappa shape index (κ2) is 9.80. The lowest BCUT2D eigenvalue weighted by Gasteiger charge is -2.07. The molecule has 0 aliphatic rings. The molecule has 2 aromatic rings. The zero-order valence-electron chi connectivity index (χ0n) is 17.0. The van der Waals surface area contributed by atoms with Crippen molar-refractivity contribution < 1.29 is 28.7 Å². The molecule has 0 fully saturated rings. The van der Waals surface area contributed by atoms with E-state index in [1.165, 1.54) is 29.8 Å². The first-order valence-corrected chi connectivity index (χ1v) is 10.5. The molecule has 9 heteroatoms. The Morgan fingerprint density at radius 3 is 2.28 bits per heavy atom. The van der Waals surface area contributed by atoms with Gasteiger partial charge in [0.25, 0.3) is 5.91 Å². The minimum atomic E-state index is -0.634. The molecule has 0 radical (unpaired) electrons. The summed E-state index contributed by atoms with van der Waals surface area (Å²) in [5.74, 6) is -1.87. The summed E-state index contributed by atoms with van der Waals surface area (Å²) in [6, 6.07) is 1.81. The highest BCUT2D eigenvalue weighted by Crippen LogP contribution is 2.32. The second-order valence-electron chi connectivity index (χ2n) is 6.44. The number of rotatable bonds is 8. The highest BCUT2D eigenvalue weighted by molar-refractivity contribution is 7.16. The van der Waals surface area contributed by atoms with Gasteiger partial charge in [0.1, 0.15) is 5.00 Å². The molecule has 0 aliphatic carbocycles. The monoisotopic (exact) mass is 437 g/mol. The van der Waals surface area contributed by atoms with Gasteiger partial charge in [-0.15, -0.1) is 22.7 Å². The lowest BCUT2D eigenvalue weighted by atomic mass is 10.1. The number of thiophene rings is 2. The number of nitrogens with one attached hydrogen (secondary N) is 1. The smallest absolute Gasteiger partial charge is 0.341 e. The van der Waals surface area contributed by atoms with Crippen LogP contribution in [0.5, 0.6) is 0 Å². The van der Waals surface area contributed by atoms with Gasteiger partial charge in [0.05, 0.1) is 19.1 Å². The standard InChI is InChI=1S/C20H23NO6S2/c1-10-8-14(13(4)28-10)15(22)6-7-17(24)27-9-16(23)21-19-18(20(25)26-5)11(2)12(3)29-19/h8H,6-7,9H2,1-5H3,(H,21,23). The second-order valence-corrected chi connectivity index (χ2v) is 9.12. The van der Waals surface area contributed by atoms with Crippen molar-refractivity contribution in [3.8, 4) is 0 Å². The average molecular weight is 438 g/mol. The number of ketones is 1. The molecule has 2 aromatic heterocycles. The van der Waals surface area contributed by atoms with Gasteiger partial charge >= 0.3 is 11.9 Å². The van der Waals surface area contributed by atoms with E-state index in [4.69, 9.17) is 9.47 Å². The summed E-state index contributed by atoms with van der Waals surface area (Å²) in [6.07, 6.45) is -0.0850. The molecular weight excluding hydrogens is 414 g/mol. The molecule has 29 heavy (non-hydrogen) atoms. The van der Waals surface area contributed by atoms with Crippen molar-refractivity contribution in [1.29, 1.82) is 0 Å². The molecule has 0 bridgehead atoms. The van der Waals surface area contributed by atoms with Gasteiger partial charge in [-0.1, -0.05) is 0 Å². The first-order chi connectivity index (χ1) is 13.6. The summed E-state index contributed by atoms with van der Waals surface area (Å²) in [4.78, 5) is 50.9. The highest BCUT2D eigenvalue weighted by atomic mass is 32.1.